The lowest BCUT2D eigenvalue weighted by Gasteiger charge is -2.34. The Morgan fingerprint density at radius 1 is 1.33 bits per heavy atom. The van der Waals surface area contributed by atoms with Crippen LogP contribution in [0.5, 0.6) is 0 Å². The Morgan fingerprint density at radius 3 is 2.88 bits per heavy atom. The van der Waals surface area contributed by atoms with Gasteiger partial charge in [-0.15, -0.1) is 0 Å². The molecule has 1 aromatic carbocycles. The van der Waals surface area contributed by atoms with Crippen molar-refractivity contribution in [2.24, 2.45) is 5.92 Å². The first-order chi connectivity index (χ1) is 11.6. The van der Waals surface area contributed by atoms with Gasteiger partial charge in [0.15, 0.2) is 6.29 Å². The van der Waals surface area contributed by atoms with Crippen LogP contribution in [-0.4, -0.2) is 48.3 Å². The van der Waals surface area contributed by atoms with Crippen LogP contribution in [0.3, 0.4) is 0 Å². The van der Waals surface area contributed by atoms with Gasteiger partial charge in [0.25, 0.3) is 5.69 Å². The molecule has 0 saturated carbocycles. The van der Waals surface area contributed by atoms with Gasteiger partial charge in [-0.25, -0.2) is 0 Å². The summed E-state index contributed by atoms with van der Waals surface area (Å²) in [6.45, 7) is 2.55. The number of carbonyl (C=O) groups excluding carboxylic acids is 1. The summed E-state index contributed by atoms with van der Waals surface area (Å²) in [6.07, 6.45) is 4.79. The molecule has 1 unspecified atom stereocenters. The minimum Gasteiger partial charge on any atom is -0.350 e. The number of likely N-dealkylation sites (tertiary alicyclic amines) is 1. The number of hydrogen-bond acceptors (Lipinski definition) is 5. The first-order valence-electron chi connectivity index (χ1n) is 8.08. The molecule has 128 valence electrons. The Balaban J connectivity index is 1.61. The van der Waals surface area contributed by atoms with Crippen LogP contribution < -0.4 is 0 Å². The Hall–Kier alpha value is -2.25. The molecule has 0 spiro atoms. The number of non-ortho nitro benzene ring substituents is 1. The zero-order valence-corrected chi connectivity index (χ0v) is 13.3. The summed E-state index contributed by atoms with van der Waals surface area (Å²) < 4.78 is 11.1. The van der Waals surface area contributed by atoms with E-state index >= 15 is 0 Å². The Bertz CT molecular complexity index is 640. The molecule has 7 heteroatoms. The van der Waals surface area contributed by atoms with E-state index in [-0.39, 0.29) is 23.8 Å². The van der Waals surface area contributed by atoms with Gasteiger partial charge in [0, 0.05) is 37.2 Å². The molecular formula is C17H20N2O5. The normalized spacial score (nSPS) is 22.2. The van der Waals surface area contributed by atoms with Crippen molar-refractivity contribution in [1.29, 1.82) is 0 Å². The molecule has 2 heterocycles. The average Bonchev–Trinajstić information content (AvgIpc) is 3.15. The third-order valence-electron chi connectivity index (χ3n) is 4.30. The Kier molecular flexibility index (Phi) is 5.22. The molecule has 7 nitrogen and oxygen atoms in total. The van der Waals surface area contributed by atoms with Gasteiger partial charge in [0.05, 0.1) is 18.1 Å². The summed E-state index contributed by atoms with van der Waals surface area (Å²) in [5, 5.41) is 10.8. The van der Waals surface area contributed by atoms with E-state index in [1.165, 1.54) is 18.2 Å². The van der Waals surface area contributed by atoms with E-state index in [0.717, 1.165) is 12.8 Å². The highest BCUT2D eigenvalue weighted by molar-refractivity contribution is 5.91. The van der Waals surface area contributed by atoms with E-state index in [0.29, 0.717) is 31.9 Å². The third kappa shape index (κ3) is 3.98. The molecule has 2 aliphatic heterocycles. The summed E-state index contributed by atoms with van der Waals surface area (Å²) in [7, 11) is 0. The largest absolute Gasteiger partial charge is 0.350 e. The zero-order valence-electron chi connectivity index (χ0n) is 13.3. The number of nitro benzene ring substituents is 1. The molecule has 0 radical (unpaired) electrons. The number of hydrogen-bond donors (Lipinski definition) is 0. The summed E-state index contributed by atoms with van der Waals surface area (Å²) in [6, 6.07) is 6.21. The van der Waals surface area contributed by atoms with Crippen LogP contribution in [0.15, 0.2) is 30.3 Å². The molecule has 0 aliphatic carbocycles. The fourth-order valence-electron chi connectivity index (χ4n) is 3.10. The number of piperidine rings is 1. The number of rotatable bonds is 4. The second-order valence-electron chi connectivity index (χ2n) is 5.98. The van der Waals surface area contributed by atoms with Crippen LogP contribution in [0.1, 0.15) is 18.4 Å². The summed E-state index contributed by atoms with van der Waals surface area (Å²) >= 11 is 0. The maximum atomic E-state index is 12.4. The molecule has 2 aliphatic rings. The molecule has 24 heavy (non-hydrogen) atoms. The standard InChI is InChI=1S/C17H20N2O5/c20-16(7-6-13-3-1-5-15(11-13)19(21)22)18-8-2-4-14(12-18)17-23-9-10-24-17/h1,3,5-7,11,14,17H,2,4,8-10,12H2. The number of amides is 1. The fraction of sp³-hybridized carbons (Fsp3) is 0.471. The van der Waals surface area contributed by atoms with E-state index in [4.69, 9.17) is 9.47 Å². The van der Waals surface area contributed by atoms with Crippen LogP contribution in [0.25, 0.3) is 6.08 Å². The average molecular weight is 332 g/mol. The van der Waals surface area contributed by atoms with E-state index in [1.54, 1.807) is 23.1 Å². The minimum absolute atomic E-state index is 0.0122. The number of carbonyl (C=O) groups is 1. The van der Waals surface area contributed by atoms with Gasteiger partial charge in [-0.3, -0.25) is 14.9 Å². The maximum absolute atomic E-state index is 12.4. The molecule has 0 aromatic heterocycles. The molecule has 0 N–H and O–H groups in total. The molecule has 3 rings (SSSR count). The van der Waals surface area contributed by atoms with Crippen LogP contribution in [-0.2, 0) is 14.3 Å². The predicted molar refractivity (Wildman–Crippen MR) is 87.1 cm³/mol. The van der Waals surface area contributed by atoms with Crippen molar-refractivity contribution >= 4 is 17.7 Å². The summed E-state index contributed by atoms with van der Waals surface area (Å²) in [5.74, 6) is 0.112. The molecule has 2 fully saturated rings. The van der Waals surface area contributed by atoms with Gasteiger partial charge in [0.2, 0.25) is 5.91 Å². The van der Waals surface area contributed by atoms with Gasteiger partial charge < -0.3 is 14.4 Å². The van der Waals surface area contributed by atoms with Crippen molar-refractivity contribution in [2.75, 3.05) is 26.3 Å². The van der Waals surface area contributed by atoms with Crippen molar-refractivity contribution in [1.82, 2.24) is 4.90 Å². The highest BCUT2D eigenvalue weighted by Gasteiger charge is 2.32. The molecule has 1 atom stereocenters. The van der Waals surface area contributed by atoms with Crippen molar-refractivity contribution in [2.45, 2.75) is 19.1 Å². The van der Waals surface area contributed by atoms with Gasteiger partial charge in [-0.05, 0) is 24.5 Å². The smallest absolute Gasteiger partial charge is 0.270 e. The Morgan fingerprint density at radius 2 is 2.12 bits per heavy atom. The molecule has 1 aromatic rings. The maximum Gasteiger partial charge on any atom is 0.270 e. The van der Waals surface area contributed by atoms with E-state index < -0.39 is 4.92 Å². The lowest BCUT2D eigenvalue weighted by atomic mass is 9.97. The number of benzene rings is 1. The molecular weight excluding hydrogens is 312 g/mol. The van der Waals surface area contributed by atoms with E-state index in [2.05, 4.69) is 0 Å². The number of ether oxygens (including phenoxy) is 2. The highest BCUT2D eigenvalue weighted by Crippen LogP contribution is 2.25. The third-order valence-corrected chi connectivity index (χ3v) is 4.30. The van der Waals surface area contributed by atoms with Crippen molar-refractivity contribution in [3.63, 3.8) is 0 Å². The van der Waals surface area contributed by atoms with Gasteiger partial charge in [-0.1, -0.05) is 12.1 Å². The minimum atomic E-state index is -0.448. The van der Waals surface area contributed by atoms with Gasteiger partial charge >= 0.3 is 0 Å². The highest BCUT2D eigenvalue weighted by atomic mass is 16.7. The zero-order chi connectivity index (χ0) is 16.9. The predicted octanol–water partition coefficient (Wildman–Crippen LogP) is 2.22. The lowest BCUT2D eigenvalue weighted by molar-refractivity contribution is -0.384. The van der Waals surface area contributed by atoms with E-state index in [1.807, 2.05) is 0 Å². The number of nitro groups is 1. The molecule has 0 bridgehead atoms. The first kappa shape index (κ1) is 16.6. The van der Waals surface area contributed by atoms with Crippen LogP contribution in [0.2, 0.25) is 0 Å². The van der Waals surface area contributed by atoms with Crippen LogP contribution in [0, 0.1) is 16.0 Å². The van der Waals surface area contributed by atoms with Gasteiger partial charge in [-0.2, -0.15) is 0 Å². The van der Waals surface area contributed by atoms with Crippen molar-refractivity contribution in [3.05, 3.63) is 46.0 Å². The summed E-state index contributed by atoms with van der Waals surface area (Å²) in [4.78, 5) is 24.5. The van der Waals surface area contributed by atoms with Gasteiger partial charge in [0.1, 0.15) is 0 Å². The fourth-order valence-corrected chi connectivity index (χ4v) is 3.10. The monoisotopic (exact) mass is 332 g/mol. The SMILES string of the molecule is O=C(C=Cc1cccc([N+](=O)[O-])c1)N1CCCC(C2OCCO2)C1. The lowest BCUT2D eigenvalue weighted by Crippen LogP contribution is -2.43. The molecule has 1 amide bonds. The topological polar surface area (TPSA) is 81.9 Å². The summed E-state index contributed by atoms with van der Waals surface area (Å²) in [5.41, 5.74) is 0.645. The first-order valence-corrected chi connectivity index (χ1v) is 8.08. The van der Waals surface area contributed by atoms with E-state index in [9.17, 15) is 14.9 Å². The molecule has 2 saturated heterocycles. The number of nitrogens with zero attached hydrogens (tertiary/aromatic N) is 2. The van der Waals surface area contributed by atoms with Crippen LogP contribution >= 0.6 is 0 Å². The Labute approximate surface area is 140 Å². The second-order valence-corrected chi connectivity index (χ2v) is 5.98. The van der Waals surface area contributed by atoms with Crippen molar-refractivity contribution < 1.29 is 19.2 Å². The quantitative estimate of drug-likeness (QED) is 0.480. The second kappa shape index (κ2) is 7.55. The van der Waals surface area contributed by atoms with Crippen molar-refractivity contribution in [3.8, 4) is 0 Å². The van der Waals surface area contributed by atoms with Crippen LogP contribution in [0.4, 0.5) is 5.69 Å².